The first-order chi connectivity index (χ1) is 12.2. The highest BCUT2D eigenvalue weighted by atomic mass is 16.5. The van der Waals surface area contributed by atoms with Gasteiger partial charge in [-0.25, -0.2) is 0 Å². The van der Waals surface area contributed by atoms with Crippen molar-refractivity contribution in [1.82, 2.24) is 20.2 Å². The van der Waals surface area contributed by atoms with E-state index < -0.39 is 0 Å². The second kappa shape index (κ2) is 7.91. The quantitative estimate of drug-likeness (QED) is 0.707. The first kappa shape index (κ1) is 16.4. The zero-order valence-electron chi connectivity index (χ0n) is 13.6. The standard InChI is InChI=1S/C17H17N5O3/c1-24-14-9-7-13(8-10-14)18-17(23)11-22-20-16(19-21-22)12-25-15-5-3-2-4-6-15/h2-10H,11-12H2,1H3,(H,18,23). The Bertz CT molecular complexity index is 818. The molecule has 1 amide bonds. The zero-order valence-corrected chi connectivity index (χ0v) is 13.6. The molecule has 2 aromatic carbocycles. The van der Waals surface area contributed by atoms with Crippen molar-refractivity contribution in [3.8, 4) is 11.5 Å². The SMILES string of the molecule is COc1ccc(NC(=O)Cn2nnc(COc3ccccc3)n2)cc1. The molecule has 0 radical (unpaired) electrons. The van der Waals surface area contributed by atoms with Gasteiger partial charge >= 0.3 is 0 Å². The van der Waals surface area contributed by atoms with E-state index in [1.165, 1.54) is 4.80 Å². The molecule has 8 nitrogen and oxygen atoms in total. The molecule has 0 aliphatic carbocycles. The van der Waals surface area contributed by atoms with Crippen LogP contribution >= 0.6 is 0 Å². The lowest BCUT2D eigenvalue weighted by Crippen LogP contribution is -2.20. The van der Waals surface area contributed by atoms with Crippen LogP contribution in [0.3, 0.4) is 0 Å². The number of para-hydroxylation sites is 1. The van der Waals surface area contributed by atoms with E-state index in [-0.39, 0.29) is 19.1 Å². The fourth-order valence-corrected chi connectivity index (χ4v) is 2.07. The van der Waals surface area contributed by atoms with Gasteiger partial charge in [-0.05, 0) is 41.6 Å². The number of carbonyl (C=O) groups excluding carboxylic acids is 1. The molecule has 1 heterocycles. The summed E-state index contributed by atoms with van der Waals surface area (Å²) in [6.45, 7) is 0.147. The third-order valence-electron chi connectivity index (χ3n) is 3.26. The summed E-state index contributed by atoms with van der Waals surface area (Å²) in [5.74, 6) is 1.59. The maximum atomic E-state index is 12.0. The molecular formula is C17H17N5O3. The molecule has 0 bridgehead atoms. The Morgan fingerprint density at radius 3 is 2.56 bits per heavy atom. The maximum absolute atomic E-state index is 12.0. The number of carbonyl (C=O) groups is 1. The second-order valence-corrected chi connectivity index (χ2v) is 5.11. The monoisotopic (exact) mass is 339 g/mol. The van der Waals surface area contributed by atoms with E-state index in [0.717, 1.165) is 11.5 Å². The number of anilines is 1. The zero-order chi connectivity index (χ0) is 17.5. The number of nitrogens with zero attached hydrogens (tertiary/aromatic N) is 4. The largest absolute Gasteiger partial charge is 0.497 e. The fourth-order valence-electron chi connectivity index (χ4n) is 2.07. The summed E-state index contributed by atoms with van der Waals surface area (Å²) < 4.78 is 10.6. The van der Waals surface area contributed by atoms with Gasteiger partial charge in [0.1, 0.15) is 18.0 Å². The summed E-state index contributed by atoms with van der Waals surface area (Å²) in [6, 6.07) is 16.4. The summed E-state index contributed by atoms with van der Waals surface area (Å²) >= 11 is 0. The molecule has 3 aromatic rings. The average Bonchev–Trinajstić information content (AvgIpc) is 3.08. The highest BCUT2D eigenvalue weighted by Crippen LogP contribution is 2.15. The molecule has 0 unspecified atom stereocenters. The maximum Gasteiger partial charge on any atom is 0.248 e. The topological polar surface area (TPSA) is 91.2 Å². The Kier molecular flexibility index (Phi) is 5.20. The van der Waals surface area contributed by atoms with Crippen molar-refractivity contribution < 1.29 is 14.3 Å². The van der Waals surface area contributed by atoms with E-state index in [2.05, 4.69) is 20.7 Å². The highest BCUT2D eigenvalue weighted by molar-refractivity contribution is 5.90. The molecule has 0 saturated carbocycles. The van der Waals surface area contributed by atoms with Gasteiger partial charge < -0.3 is 14.8 Å². The minimum Gasteiger partial charge on any atom is -0.497 e. The van der Waals surface area contributed by atoms with Crippen LogP contribution in [0.4, 0.5) is 5.69 Å². The molecule has 25 heavy (non-hydrogen) atoms. The van der Waals surface area contributed by atoms with E-state index >= 15 is 0 Å². The van der Waals surface area contributed by atoms with Crippen LogP contribution in [-0.2, 0) is 17.9 Å². The third kappa shape index (κ3) is 4.77. The predicted molar refractivity (Wildman–Crippen MR) is 90.2 cm³/mol. The Labute approximate surface area is 144 Å². The van der Waals surface area contributed by atoms with Gasteiger partial charge in [-0.1, -0.05) is 18.2 Å². The van der Waals surface area contributed by atoms with Crippen molar-refractivity contribution >= 4 is 11.6 Å². The molecule has 0 aliphatic rings. The van der Waals surface area contributed by atoms with Crippen molar-refractivity contribution in [2.75, 3.05) is 12.4 Å². The number of amides is 1. The average molecular weight is 339 g/mol. The Balaban J connectivity index is 1.50. The summed E-state index contributed by atoms with van der Waals surface area (Å²) in [6.07, 6.45) is 0. The van der Waals surface area contributed by atoms with Crippen LogP contribution in [0.5, 0.6) is 11.5 Å². The van der Waals surface area contributed by atoms with E-state index in [4.69, 9.17) is 9.47 Å². The van der Waals surface area contributed by atoms with Crippen molar-refractivity contribution in [1.29, 1.82) is 0 Å². The summed E-state index contributed by atoms with van der Waals surface area (Å²) in [5, 5.41) is 14.6. The molecule has 128 valence electrons. The molecule has 1 aromatic heterocycles. The first-order valence-electron chi connectivity index (χ1n) is 7.61. The van der Waals surface area contributed by atoms with Crippen LogP contribution in [0.25, 0.3) is 0 Å². The number of aromatic nitrogens is 4. The van der Waals surface area contributed by atoms with Gasteiger partial charge in [0.05, 0.1) is 7.11 Å². The van der Waals surface area contributed by atoms with Gasteiger partial charge in [0.15, 0.2) is 6.61 Å². The normalized spacial score (nSPS) is 10.3. The number of nitrogens with one attached hydrogen (secondary N) is 1. The van der Waals surface area contributed by atoms with E-state index in [0.29, 0.717) is 11.5 Å². The smallest absolute Gasteiger partial charge is 0.248 e. The molecule has 8 heteroatoms. The van der Waals surface area contributed by atoms with Crippen molar-refractivity contribution in [3.63, 3.8) is 0 Å². The van der Waals surface area contributed by atoms with Crippen LogP contribution in [0.1, 0.15) is 5.82 Å². The number of rotatable bonds is 7. The summed E-state index contributed by atoms with van der Waals surface area (Å²) in [4.78, 5) is 13.2. The van der Waals surface area contributed by atoms with Gasteiger partial charge in [-0.15, -0.1) is 10.2 Å². The lowest BCUT2D eigenvalue weighted by molar-refractivity contribution is -0.117. The van der Waals surface area contributed by atoms with Gasteiger partial charge in [0.2, 0.25) is 11.7 Å². The molecule has 1 N–H and O–H groups in total. The molecule has 0 fully saturated rings. The summed E-state index contributed by atoms with van der Waals surface area (Å²) in [7, 11) is 1.59. The van der Waals surface area contributed by atoms with Crippen LogP contribution in [-0.4, -0.2) is 33.2 Å². The number of methoxy groups -OCH3 is 1. The minimum absolute atomic E-state index is 0.0373. The van der Waals surface area contributed by atoms with Crippen molar-refractivity contribution in [3.05, 3.63) is 60.4 Å². The molecule has 0 spiro atoms. The van der Waals surface area contributed by atoms with Crippen molar-refractivity contribution in [2.45, 2.75) is 13.2 Å². The second-order valence-electron chi connectivity index (χ2n) is 5.11. The first-order valence-corrected chi connectivity index (χ1v) is 7.61. The minimum atomic E-state index is -0.252. The molecule has 0 atom stereocenters. The predicted octanol–water partition coefficient (Wildman–Crippen LogP) is 1.90. The number of benzene rings is 2. The highest BCUT2D eigenvalue weighted by Gasteiger charge is 2.09. The lowest BCUT2D eigenvalue weighted by Gasteiger charge is -2.05. The Hall–Kier alpha value is -3.42. The number of tetrazole rings is 1. The van der Waals surface area contributed by atoms with Gasteiger partial charge in [-0.3, -0.25) is 4.79 Å². The lowest BCUT2D eigenvalue weighted by atomic mass is 10.3. The van der Waals surface area contributed by atoms with E-state index in [9.17, 15) is 4.79 Å². The van der Waals surface area contributed by atoms with Crippen LogP contribution < -0.4 is 14.8 Å². The fraction of sp³-hybridized carbons (Fsp3) is 0.176. The van der Waals surface area contributed by atoms with Gasteiger partial charge in [0.25, 0.3) is 0 Å². The molecule has 0 saturated heterocycles. The summed E-state index contributed by atoms with van der Waals surface area (Å²) in [5.41, 5.74) is 0.665. The molecular weight excluding hydrogens is 322 g/mol. The number of hydrogen-bond acceptors (Lipinski definition) is 6. The van der Waals surface area contributed by atoms with Gasteiger partial charge in [-0.2, -0.15) is 4.80 Å². The van der Waals surface area contributed by atoms with Crippen LogP contribution in [0.2, 0.25) is 0 Å². The van der Waals surface area contributed by atoms with E-state index in [1.807, 2.05) is 30.3 Å². The number of hydrogen-bond donors (Lipinski definition) is 1. The van der Waals surface area contributed by atoms with E-state index in [1.54, 1.807) is 31.4 Å². The van der Waals surface area contributed by atoms with Crippen LogP contribution in [0.15, 0.2) is 54.6 Å². The van der Waals surface area contributed by atoms with Crippen LogP contribution in [0, 0.1) is 0 Å². The Morgan fingerprint density at radius 1 is 1.08 bits per heavy atom. The molecule has 3 rings (SSSR count). The molecule has 0 aliphatic heterocycles. The third-order valence-corrected chi connectivity index (χ3v) is 3.26. The van der Waals surface area contributed by atoms with Crippen molar-refractivity contribution in [2.24, 2.45) is 0 Å². The number of ether oxygens (including phenoxy) is 2. The Morgan fingerprint density at radius 2 is 1.84 bits per heavy atom. The van der Waals surface area contributed by atoms with Gasteiger partial charge in [0, 0.05) is 5.69 Å².